The van der Waals surface area contributed by atoms with Crippen molar-refractivity contribution in [1.82, 2.24) is 0 Å². The second-order valence-electron chi connectivity index (χ2n) is 5.70. The van der Waals surface area contributed by atoms with Crippen molar-refractivity contribution in [3.05, 3.63) is 28.0 Å². The van der Waals surface area contributed by atoms with Crippen LogP contribution in [0.5, 0.6) is 0 Å². The lowest BCUT2D eigenvalue weighted by atomic mass is 9.95. The third-order valence-electron chi connectivity index (χ3n) is 3.98. The minimum absolute atomic E-state index is 0.211. The molecule has 0 aromatic heterocycles. The van der Waals surface area contributed by atoms with Crippen molar-refractivity contribution >= 4 is 33.5 Å². The lowest BCUT2D eigenvalue weighted by molar-refractivity contribution is -0.145. The minimum atomic E-state index is -0.934. The molecule has 1 unspecified atom stereocenters. The van der Waals surface area contributed by atoms with Gasteiger partial charge in [-0.25, -0.2) is 4.39 Å². The Hall–Kier alpha value is -1.43. The van der Waals surface area contributed by atoms with E-state index in [1.54, 1.807) is 6.92 Å². The van der Waals surface area contributed by atoms with Gasteiger partial charge >= 0.3 is 5.97 Å². The molecule has 1 aliphatic rings. The maximum atomic E-state index is 13.4. The molecule has 1 aromatic carbocycles. The zero-order chi connectivity index (χ0) is 15.7. The highest BCUT2D eigenvalue weighted by Gasteiger charge is 2.41. The van der Waals surface area contributed by atoms with Crippen molar-refractivity contribution in [2.24, 2.45) is 17.8 Å². The van der Waals surface area contributed by atoms with Gasteiger partial charge in [-0.3, -0.25) is 9.59 Å². The van der Waals surface area contributed by atoms with Gasteiger partial charge in [0.05, 0.1) is 16.3 Å². The second-order valence-corrected chi connectivity index (χ2v) is 6.55. The molecule has 1 aliphatic carbocycles. The molecule has 1 fully saturated rings. The lowest BCUT2D eigenvalue weighted by Gasteiger charge is -2.17. The van der Waals surface area contributed by atoms with E-state index in [1.165, 1.54) is 12.1 Å². The molecule has 2 rings (SSSR count). The molecule has 21 heavy (non-hydrogen) atoms. The van der Waals surface area contributed by atoms with E-state index >= 15 is 0 Å². The van der Waals surface area contributed by atoms with Gasteiger partial charge in [0.1, 0.15) is 5.82 Å². The van der Waals surface area contributed by atoms with E-state index in [9.17, 15) is 19.1 Å². The average molecular weight is 358 g/mol. The lowest BCUT2D eigenvalue weighted by Crippen LogP contribution is -2.30. The van der Waals surface area contributed by atoms with Crippen molar-refractivity contribution in [2.75, 3.05) is 5.32 Å². The second kappa shape index (κ2) is 6.13. The van der Waals surface area contributed by atoms with Gasteiger partial charge in [0.15, 0.2) is 0 Å². The predicted molar refractivity (Wildman–Crippen MR) is 80.5 cm³/mol. The minimum Gasteiger partial charge on any atom is -0.481 e. The Morgan fingerprint density at radius 1 is 1.33 bits per heavy atom. The summed E-state index contributed by atoms with van der Waals surface area (Å²) >= 11 is 3.08. The van der Waals surface area contributed by atoms with Gasteiger partial charge in [-0.1, -0.05) is 6.92 Å². The molecule has 1 saturated carbocycles. The highest BCUT2D eigenvalue weighted by atomic mass is 79.9. The topological polar surface area (TPSA) is 66.4 Å². The molecule has 3 atom stereocenters. The fourth-order valence-corrected chi connectivity index (χ4v) is 3.20. The maximum Gasteiger partial charge on any atom is 0.307 e. The number of carbonyl (C=O) groups excluding carboxylic acids is 1. The van der Waals surface area contributed by atoms with Crippen LogP contribution in [-0.2, 0) is 9.59 Å². The first-order valence-corrected chi connectivity index (χ1v) is 7.58. The number of rotatable bonds is 3. The maximum absolute atomic E-state index is 13.4. The molecule has 0 saturated heterocycles. The third kappa shape index (κ3) is 3.43. The summed E-state index contributed by atoms with van der Waals surface area (Å²) in [5.41, 5.74) is 1.10. The van der Waals surface area contributed by atoms with Gasteiger partial charge in [0, 0.05) is 5.69 Å². The summed E-state index contributed by atoms with van der Waals surface area (Å²) in [6, 6.07) is 2.82. The van der Waals surface area contributed by atoms with Crippen molar-refractivity contribution < 1.29 is 19.1 Å². The molecule has 6 heteroatoms. The Balaban J connectivity index is 2.18. The fourth-order valence-electron chi connectivity index (χ4n) is 2.86. The number of carboxylic acids is 1. The first-order chi connectivity index (χ1) is 9.79. The molecule has 0 aliphatic heterocycles. The summed E-state index contributed by atoms with van der Waals surface area (Å²) in [4.78, 5) is 23.6. The first-order valence-electron chi connectivity index (χ1n) is 6.79. The average Bonchev–Trinajstić information content (AvgIpc) is 2.78. The molecule has 0 heterocycles. The van der Waals surface area contributed by atoms with Crippen LogP contribution < -0.4 is 5.32 Å². The van der Waals surface area contributed by atoms with Crippen LogP contribution in [0.2, 0.25) is 0 Å². The number of amides is 1. The number of aliphatic carboxylic acids is 1. The van der Waals surface area contributed by atoms with Crippen molar-refractivity contribution in [1.29, 1.82) is 0 Å². The Labute approximate surface area is 130 Å². The standard InChI is InChI=1S/C15H17BrFNO3/c1-7-3-9(10(4-7)15(20)21)14(19)18-13-6-11(16)12(17)5-8(13)2/h5-7,9-10H,3-4H2,1-2H3,(H,18,19)(H,20,21)/t7?,9-,10+/m0/s1. The molecular formula is C15H17BrFNO3. The summed E-state index contributed by atoms with van der Waals surface area (Å²) in [6.07, 6.45) is 1.07. The molecule has 0 radical (unpaired) electrons. The number of nitrogens with one attached hydrogen (secondary N) is 1. The first kappa shape index (κ1) is 15.9. The van der Waals surface area contributed by atoms with Gasteiger partial charge in [0.25, 0.3) is 0 Å². The normalized spacial score (nSPS) is 24.9. The molecular weight excluding hydrogens is 341 g/mol. The Morgan fingerprint density at radius 2 is 1.95 bits per heavy atom. The number of carboxylic acid groups (broad SMARTS) is 1. The quantitative estimate of drug-likeness (QED) is 0.868. The number of aryl methyl sites for hydroxylation is 1. The largest absolute Gasteiger partial charge is 0.481 e. The number of anilines is 1. The number of halogens is 2. The summed E-state index contributed by atoms with van der Waals surface area (Å²) in [6.45, 7) is 3.64. The van der Waals surface area contributed by atoms with Gasteiger partial charge < -0.3 is 10.4 Å². The van der Waals surface area contributed by atoms with E-state index in [4.69, 9.17) is 0 Å². The van der Waals surface area contributed by atoms with Crippen LogP contribution in [0.4, 0.5) is 10.1 Å². The Bertz CT molecular complexity index is 591. The highest BCUT2D eigenvalue weighted by molar-refractivity contribution is 9.10. The van der Waals surface area contributed by atoms with E-state index < -0.39 is 23.6 Å². The number of benzene rings is 1. The number of carbonyl (C=O) groups is 2. The van der Waals surface area contributed by atoms with Crippen molar-refractivity contribution in [2.45, 2.75) is 26.7 Å². The molecule has 1 amide bonds. The summed E-state index contributed by atoms with van der Waals surface area (Å²) in [5, 5.41) is 11.9. The fraction of sp³-hybridized carbons (Fsp3) is 0.467. The van der Waals surface area contributed by atoms with Crippen molar-refractivity contribution in [3.63, 3.8) is 0 Å². The van der Waals surface area contributed by atoms with Crippen LogP contribution in [0.15, 0.2) is 16.6 Å². The Kier molecular flexibility index (Phi) is 4.66. The van der Waals surface area contributed by atoms with Crippen LogP contribution in [0.25, 0.3) is 0 Å². The zero-order valence-electron chi connectivity index (χ0n) is 11.8. The van der Waals surface area contributed by atoms with Gasteiger partial charge in [-0.15, -0.1) is 0 Å². The third-order valence-corrected chi connectivity index (χ3v) is 4.59. The van der Waals surface area contributed by atoms with Crippen LogP contribution in [0.3, 0.4) is 0 Å². The summed E-state index contributed by atoms with van der Waals surface area (Å²) in [5.74, 6) is -2.62. The van der Waals surface area contributed by atoms with Crippen molar-refractivity contribution in [3.8, 4) is 0 Å². The number of hydrogen-bond acceptors (Lipinski definition) is 2. The smallest absolute Gasteiger partial charge is 0.307 e. The van der Waals surface area contributed by atoms with E-state index in [0.717, 1.165) is 0 Å². The summed E-state index contributed by atoms with van der Waals surface area (Å²) in [7, 11) is 0. The van der Waals surface area contributed by atoms with Crippen LogP contribution in [-0.4, -0.2) is 17.0 Å². The SMILES string of the molecule is Cc1cc(F)c(Br)cc1NC(=O)[C@H]1CC(C)C[C@H]1C(=O)O. The van der Waals surface area contributed by atoms with Crippen LogP contribution in [0.1, 0.15) is 25.3 Å². The van der Waals surface area contributed by atoms with Gasteiger partial charge in [-0.05, 0) is 59.3 Å². The molecule has 1 aromatic rings. The van der Waals surface area contributed by atoms with Gasteiger partial charge in [0.2, 0.25) is 5.91 Å². The molecule has 0 spiro atoms. The van der Waals surface area contributed by atoms with E-state index in [2.05, 4.69) is 21.2 Å². The van der Waals surface area contributed by atoms with E-state index in [1.807, 2.05) is 6.92 Å². The summed E-state index contributed by atoms with van der Waals surface area (Å²) < 4.78 is 13.6. The molecule has 2 N–H and O–H groups in total. The Morgan fingerprint density at radius 3 is 2.57 bits per heavy atom. The van der Waals surface area contributed by atoms with Crippen LogP contribution in [0, 0.1) is 30.5 Å². The van der Waals surface area contributed by atoms with E-state index in [0.29, 0.717) is 24.1 Å². The monoisotopic (exact) mass is 357 g/mol. The zero-order valence-corrected chi connectivity index (χ0v) is 13.4. The molecule has 0 bridgehead atoms. The predicted octanol–water partition coefficient (Wildman–Crippen LogP) is 3.58. The van der Waals surface area contributed by atoms with Crippen LogP contribution >= 0.6 is 15.9 Å². The molecule has 114 valence electrons. The molecule has 4 nitrogen and oxygen atoms in total. The van der Waals surface area contributed by atoms with Gasteiger partial charge in [-0.2, -0.15) is 0 Å². The number of hydrogen-bond donors (Lipinski definition) is 2. The van der Waals surface area contributed by atoms with E-state index in [-0.39, 0.29) is 16.3 Å². The highest BCUT2D eigenvalue weighted by Crippen LogP contribution is 2.37.